The SMILES string of the molecule is CCCCCCCC/C(=N\O)c1cc(OC)c2c(c1OC)C(=O)C=CC2=O. The molecule has 1 N–H and O–H groups in total. The molecule has 0 saturated carbocycles. The normalized spacial score (nSPS) is 13.7. The smallest absolute Gasteiger partial charge is 0.190 e. The van der Waals surface area contributed by atoms with Crippen molar-refractivity contribution < 1.29 is 24.3 Å². The summed E-state index contributed by atoms with van der Waals surface area (Å²) < 4.78 is 10.8. The van der Waals surface area contributed by atoms with Crippen molar-refractivity contribution in [3.63, 3.8) is 0 Å². The molecule has 27 heavy (non-hydrogen) atoms. The molecule has 0 fully saturated rings. The van der Waals surface area contributed by atoms with Crippen LogP contribution < -0.4 is 9.47 Å². The first-order valence-electron chi connectivity index (χ1n) is 9.36. The summed E-state index contributed by atoms with van der Waals surface area (Å²) in [7, 11) is 2.87. The van der Waals surface area contributed by atoms with Crippen molar-refractivity contribution in [2.45, 2.75) is 51.9 Å². The zero-order chi connectivity index (χ0) is 19.8. The Bertz CT molecular complexity index is 764. The number of ether oxygens (including phenoxy) is 2. The van der Waals surface area contributed by atoms with E-state index in [0.29, 0.717) is 17.7 Å². The predicted molar refractivity (Wildman–Crippen MR) is 104 cm³/mol. The highest BCUT2D eigenvalue weighted by Gasteiger charge is 2.31. The lowest BCUT2D eigenvalue weighted by atomic mass is 9.88. The summed E-state index contributed by atoms with van der Waals surface area (Å²) in [6, 6.07) is 1.61. The Morgan fingerprint density at radius 3 is 2.19 bits per heavy atom. The Hall–Kier alpha value is -2.63. The summed E-state index contributed by atoms with van der Waals surface area (Å²) >= 11 is 0. The van der Waals surface area contributed by atoms with Gasteiger partial charge in [-0.15, -0.1) is 0 Å². The summed E-state index contributed by atoms with van der Waals surface area (Å²) in [6.45, 7) is 2.17. The third-order valence-corrected chi connectivity index (χ3v) is 4.75. The Morgan fingerprint density at radius 2 is 1.59 bits per heavy atom. The molecule has 2 rings (SSSR count). The minimum atomic E-state index is -0.335. The molecule has 6 heteroatoms. The van der Waals surface area contributed by atoms with Crippen LogP contribution in [0.3, 0.4) is 0 Å². The Labute approximate surface area is 159 Å². The van der Waals surface area contributed by atoms with Crippen LogP contribution in [-0.4, -0.2) is 36.7 Å². The van der Waals surface area contributed by atoms with Crippen LogP contribution in [0.4, 0.5) is 0 Å². The van der Waals surface area contributed by atoms with Gasteiger partial charge in [-0.25, -0.2) is 0 Å². The van der Waals surface area contributed by atoms with Gasteiger partial charge in [-0.1, -0.05) is 44.2 Å². The fraction of sp³-hybridized carbons (Fsp3) is 0.476. The maximum absolute atomic E-state index is 12.4. The summed E-state index contributed by atoms with van der Waals surface area (Å²) in [5.74, 6) is -0.136. The maximum Gasteiger partial charge on any atom is 0.190 e. The molecule has 1 aromatic carbocycles. The highest BCUT2D eigenvalue weighted by Crippen LogP contribution is 2.38. The molecule has 0 aromatic heterocycles. The van der Waals surface area contributed by atoms with Crippen LogP contribution in [0.25, 0.3) is 0 Å². The van der Waals surface area contributed by atoms with Crippen molar-refractivity contribution in [1.29, 1.82) is 0 Å². The number of hydrogen-bond donors (Lipinski definition) is 1. The van der Waals surface area contributed by atoms with E-state index in [9.17, 15) is 14.8 Å². The molecule has 1 aromatic rings. The second-order valence-electron chi connectivity index (χ2n) is 6.54. The second-order valence-corrected chi connectivity index (χ2v) is 6.54. The van der Waals surface area contributed by atoms with Gasteiger partial charge >= 0.3 is 0 Å². The number of fused-ring (bicyclic) bond motifs is 1. The Morgan fingerprint density at radius 1 is 0.963 bits per heavy atom. The van der Waals surface area contributed by atoms with E-state index in [4.69, 9.17) is 9.47 Å². The highest BCUT2D eigenvalue weighted by atomic mass is 16.5. The van der Waals surface area contributed by atoms with E-state index in [2.05, 4.69) is 12.1 Å². The molecule has 0 saturated heterocycles. The van der Waals surface area contributed by atoms with E-state index < -0.39 is 0 Å². The number of nitrogens with zero attached hydrogens (tertiary/aromatic N) is 1. The Kier molecular flexibility index (Phi) is 7.58. The quantitative estimate of drug-likeness (QED) is 0.281. The van der Waals surface area contributed by atoms with Gasteiger partial charge in [0.05, 0.1) is 31.1 Å². The number of carbonyl (C=O) groups is 2. The number of benzene rings is 1. The predicted octanol–water partition coefficient (Wildman–Crippen LogP) is 4.57. The van der Waals surface area contributed by atoms with Gasteiger partial charge in [0.15, 0.2) is 11.6 Å². The van der Waals surface area contributed by atoms with Crippen LogP contribution >= 0.6 is 0 Å². The fourth-order valence-corrected chi connectivity index (χ4v) is 3.34. The first kappa shape index (κ1) is 20.7. The number of hydrogen-bond acceptors (Lipinski definition) is 6. The van der Waals surface area contributed by atoms with Crippen molar-refractivity contribution in [1.82, 2.24) is 0 Å². The second kappa shape index (κ2) is 9.90. The van der Waals surface area contributed by atoms with E-state index in [1.807, 2.05) is 0 Å². The van der Waals surface area contributed by atoms with E-state index in [1.165, 1.54) is 45.6 Å². The zero-order valence-electron chi connectivity index (χ0n) is 16.2. The number of oxime groups is 1. The number of methoxy groups -OCH3 is 2. The third-order valence-electron chi connectivity index (χ3n) is 4.75. The molecule has 0 unspecified atom stereocenters. The van der Waals surface area contributed by atoms with Crippen LogP contribution in [0.15, 0.2) is 23.4 Å². The molecule has 0 heterocycles. The van der Waals surface area contributed by atoms with Gasteiger partial charge < -0.3 is 14.7 Å². The summed E-state index contributed by atoms with van der Waals surface area (Å²) in [5.41, 5.74) is 1.23. The standard InChI is InChI=1S/C21H27NO5/c1-4-5-6-7-8-9-10-15(22-25)14-13-18(26-2)19-16(23)11-12-17(24)20(19)21(14)27-3/h11-13,25H,4-10H2,1-3H3/b22-15+. The number of ketones is 2. The molecule has 6 nitrogen and oxygen atoms in total. The molecule has 0 radical (unpaired) electrons. The van der Waals surface area contributed by atoms with Gasteiger partial charge in [-0.3, -0.25) is 9.59 Å². The van der Waals surface area contributed by atoms with Gasteiger partial charge in [-0.2, -0.15) is 0 Å². The van der Waals surface area contributed by atoms with E-state index in [1.54, 1.807) is 6.07 Å². The summed E-state index contributed by atoms with van der Waals surface area (Å²) in [4.78, 5) is 24.7. The van der Waals surface area contributed by atoms with E-state index in [0.717, 1.165) is 19.3 Å². The van der Waals surface area contributed by atoms with E-state index >= 15 is 0 Å². The van der Waals surface area contributed by atoms with Gasteiger partial charge in [-0.05, 0) is 31.1 Å². The van der Waals surface area contributed by atoms with Crippen molar-refractivity contribution in [2.75, 3.05) is 14.2 Å². The molecule has 0 bridgehead atoms. The monoisotopic (exact) mass is 373 g/mol. The molecule has 0 spiro atoms. The van der Waals surface area contributed by atoms with Crippen LogP contribution in [0.5, 0.6) is 11.5 Å². The lowest BCUT2D eigenvalue weighted by molar-refractivity contribution is 0.0989. The lowest BCUT2D eigenvalue weighted by Gasteiger charge is -2.20. The van der Waals surface area contributed by atoms with E-state index in [-0.39, 0.29) is 34.2 Å². The van der Waals surface area contributed by atoms with Crippen molar-refractivity contribution in [3.8, 4) is 11.5 Å². The fourth-order valence-electron chi connectivity index (χ4n) is 3.34. The molecule has 146 valence electrons. The first-order valence-corrected chi connectivity index (χ1v) is 9.36. The average Bonchev–Trinajstić information content (AvgIpc) is 2.69. The highest BCUT2D eigenvalue weighted by molar-refractivity contribution is 6.25. The van der Waals surface area contributed by atoms with Crippen LogP contribution in [0.2, 0.25) is 0 Å². The molecule has 1 aliphatic carbocycles. The average molecular weight is 373 g/mol. The maximum atomic E-state index is 12.4. The number of unbranched alkanes of at least 4 members (excludes halogenated alkanes) is 5. The lowest BCUT2D eigenvalue weighted by Crippen LogP contribution is -2.17. The van der Waals surface area contributed by atoms with Gasteiger partial charge in [0, 0.05) is 5.56 Å². The van der Waals surface area contributed by atoms with Crippen LogP contribution in [0.1, 0.15) is 78.1 Å². The molecule has 0 amide bonds. The third kappa shape index (κ3) is 4.56. The number of rotatable bonds is 10. The van der Waals surface area contributed by atoms with Gasteiger partial charge in [0.1, 0.15) is 11.5 Å². The molecule has 0 aliphatic heterocycles. The van der Waals surface area contributed by atoms with Gasteiger partial charge in [0.2, 0.25) is 0 Å². The number of allylic oxidation sites excluding steroid dienone is 2. The zero-order valence-corrected chi connectivity index (χ0v) is 16.2. The summed E-state index contributed by atoms with van der Waals surface area (Å²) in [5, 5.41) is 13.0. The molecular weight excluding hydrogens is 346 g/mol. The molecule has 0 atom stereocenters. The molecular formula is C21H27NO5. The van der Waals surface area contributed by atoms with Crippen molar-refractivity contribution in [2.24, 2.45) is 5.16 Å². The summed E-state index contributed by atoms with van der Waals surface area (Å²) in [6.07, 6.45) is 9.62. The van der Waals surface area contributed by atoms with Gasteiger partial charge in [0.25, 0.3) is 0 Å². The van der Waals surface area contributed by atoms with Crippen LogP contribution in [0, 0.1) is 0 Å². The largest absolute Gasteiger partial charge is 0.496 e. The minimum absolute atomic E-state index is 0.156. The van der Waals surface area contributed by atoms with Crippen LogP contribution in [-0.2, 0) is 0 Å². The minimum Gasteiger partial charge on any atom is -0.496 e. The topological polar surface area (TPSA) is 85.2 Å². The molecule has 1 aliphatic rings. The Balaban J connectivity index is 2.34. The first-order chi connectivity index (χ1) is 13.1. The number of carbonyl (C=O) groups excluding carboxylic acids is 2. The van der Waals surface area contributed by atoms with Crippen molar-refractivity contribution >= 4 is 17.3 Å². The van der Waals surface area contributed by atoms with Crippen molar-refractivity contribution in [3.05, 3.63) is 34.9 Å².